The molecule has 28 heavy (non-hydrogen) atoms. The number of amides is 2. The van der Waals surface area contributed by atoms with Crippen LogP contribution in [-0.2, 0) is 14.3 Å². The Morgan fingerprint density at radius 3 is 1.86 bits per heavy atom. The normalized spacial score (nSPS) is 14.4. The molecule has 0 fully saturated rings. The van der Waals surface area contributed by atoms with E-state index in [1.807, 2.05) is 13.8 Å². The first kappa shape index (κ1) is 26.1. The van der Waals surface area contributed by atoms with Crippen LogP contribution < -0.4 is 0 Å². The molecule has 0 unspecified atom stereocenters. The van der Waals surface area contributed by atoms with Crippen molar-refractivity contribution >= 4 is 18.0 Å². The van der Waals surface area contributed by atoms with Gasteiger partial charge in [0.1, 0.15) is 17.7 Å². The van der Waals surface area contributed by atoms with Crippen molar-refractivity contribution in [2.24, 2.45) is 5.92 Å². The smallest absolute Gasteiger partial charge is 0.410 e. The lowest BCUT2D eigenvalue weighted by Crippen LogP contribution is -2.54. The summed E-state index contributed by atoms with van der Waals surface area (Å²) in [6.07, 6.45) is -1.51. The number of nitrogens with zero attached hydrogens (tertiary/aromatic N) is 2. The minimum absolute atomic E-state index is 0.0236. The van der Waals surface area contributed by atoms with Crippen LogP contribution in [0.3, 0.4) is 0 Å². The predicted molar refractivity (Wildman–Crippen MR) is 101 cm³/mol. The number of carbonyl (C=O) groups excluding carboxylic acids is 2. The molecule has 0 radical (unpaired) electrons. The van der Waals surface area contributed by atoms with Crippen LogP contribution in [0.15, 0.2) is 0 Å². The number of hydrogen-bond donors (Lipinski definition) is 1. The highest BCUT2D eigenvalue weighted by Gasteiger charge is 2.37. The van der Waals surface area contributed by atoms with E-state index in [-0.39, 0.29) is 12.3 Å². The largest absolute Gasteiger partial charge is 0.480 e. The van der Waals surface area contributed by atoms with Gasteiger partial charge in [0.2, 0.25) is 11.8 Å². The van der Waals surface area contributed by atoms with E-state index in [1.165, 1.54) is 14.1 Å². The molecule has 0 aliphatic carbocycles. The first-order valence-corrected chi connectivity index (χ1v) is 9.29. The number of aliphatic carboxylic acids is 1. The molecule has 0 saturated heterocycles. The van der Waals surface area contributed by atoms with Crippen molar-refractivity contribution in [2.45, 2.75) is 84.4 Å². The van der Waals surface area contributed by atoms with Crippen LogP contribution >= 0.6 is 0 Å². The Bertz CT molecular complexity index is 556. The van der Waals surface area contributed by atoms with E-state index in [1.54, 1.807) is 20.8 Å². The van der Waals surface area contributed by atoms with E-state index in [0.717, 1.165) is 9.80 Å². The summed E-state index contributed by atoms with van der Waals surface area (Å²) in [4.78, 5) is 39.0. The maximum absolute atomic E-state index is 13.2. The Balaban J connectivity index is 5.55. The van der Waals surface area contributed by atoms with Gasteiger partial charge in [-0.05, 0) is 46.5 Å². The van der Waals surface area contributed by atoms with Crippen molar-refractivity contribution in [3.05, 3.63) is 0 Å². The van der Waals surface area contributed by atoms with Gasteiger partial charge in [0.15, 0.2) is 0 Å². The lowest BCUT2D eigenvalue weighted by atomic mass is 10.00. The van der Waals surface area contributed by atoms with Gasteiger partial charge in [-0.15, -0.1) is 0 Å². The lowest BCUT2D eigenvalue weighted by molar-refractivity contribution is -0.152. The Morgan fingerprint density at radius 2 is 1.50 bits per heavy atom. The second kappa shape index (κ2) is 10.0. The maximum atomic E-state index is 13.2. The Kier molecular flexibility index (Phi) is 9.33. The molecule has 0 heterocycles. The fourth-order valence-corrected chi connectivity index (χ4v) is 2.59. The van der Waals surface area contributed by atoms with Gasteiger partial charge < -0.3 is 14.7 Å². The summed E-state index contributed by atoms with van der Waals surface area (Å²) in [6.45, 7) is 9.48. The number of hydrogen-bond acceptors (Lipinski definition) is 4. The van der Waals surface area contributed by atoms with Crippen LogP contribution in [0.2, 0.25) is 0 Å². The van der Waals surface area contributed by atoms with Crippen molar-refractivity contribution in [3.8, 4) is 0 Å². The zero-order chi connectivity index (χ0) is 22.4. The number of halogens is 2. The number of likely N-dealkylation sites (N-methyl/N-ethyl adjacent to an activating group) is 2. The number of carbonyl (C=O) groups is 3. The molecule has 0 aromatic carbocycles. The number of rotatable bonds is 9. The molecular weight excluding hydrogens is 374 g/mol. The average molecular weight is 408 g/mol. The van der Waals surface area contributed by atoms with Crippen molar-refractivity contribution < 1.29 is 33.0 Å². The summed E-state index contributed by atoms with van der Waals surface area (Å²) in [5.41, 5.74) is -0.765. The third-order valence-electron chi connectivity index (χ3n) is 4.09. The molecule has 2 atom stereocenters. The van der Waals surface area contributed by atoms with Crippen LogP contribution in [0.4, 0.5) is 13.6 Å². The average Bonchev–Trinajstić information content (AvgIpc) is 2.47. The van der Waals surface area contributed by atoms with E-state index < -0.39 is 54.4 Å². The fraction of sp³-hybridized carbons (Fsp3) is 0.842. The van der Waals surface area contributed by atoms with Gasteiger partial charge in [0.05, 0.1) is 0 Å². The van der Waals surface area contributed by atoms with Crippen LogP contribution in [0.25, 0.3) is 0 Å². The Morgan fingerprint density at radius 1 is 1.00 bits per heavy atom. The van der Waals surface area contributed by atoms with Crippen molar-refractivity contribution in [1.82, 2.24) is 9.80 Å². The molecular formula is C19H34F2N2O5. The van der Waals surface area contributed by atoms with Gasteiger partial charge in [-0.2, -0.15) is 0 Å². The Hall–Kier alpha value is -1.93. The Labute approximate surface area is 166 Å². The second-order valence-corrected chi connectivity index (χ2v) is 8.65. The third kappa shape index (κ3) is 9.32. The molecule has 2 amide bonds. The molecule has 7 nitrogen and oxygen atoms in total. The zero-order valence-electron chi connectivity index (χ0n) is 18.1. The summed E-state index contributed by atoms with van der Waals surface area (Å²) >= 11 is 0. The minimum Gasteiger partial charge on any atom is -0.480 e. The topological polar surface area (TPSA) is 87.2 Å². The highest BCUT2D eigenvalue weighted by molar-refractivity contribution is 5.89. The highest BCUT2D eigenvalue weighted by atomic mass is 19.3. The quantitative estimate of drug-likeness (QED) is 0.630. The molecule has 0 saturated carbocycles. The first-order chi connectivity index (χ1) is 12.5. The number of alkyl halides is 2. The summed E-state index contributed by atoms with van der Waals surface area (Å²) < 4.78 is 31.6. The van der Waals surface area contributed by atoms with Gasteiger partial charge in [-0.3, -0.25) is 9.69 Å². The molecule has 1 N–H and O–H groups in total. The summed E-state index contributed by atoms with van der Waals surface area (Å²) in [6, 6.07) is -2.39. The molecule has 0 bridgehead atoms. The van der Waals surface area contributed by atoms with E-state index in [0.29, 0.717) is 6.92 Å². The van der Waals surface area contributed by atoms with Crippen LogP contribution in [0.5, 0.6) is 0 Å². The molecule has 0 spiro atoms. The van der Waals surface area contributed by atoms with Gasteiger partial charge in [-0.25, -0.2) is 18.4 Å². The van der Waals surface area contributed by atoms with Crippen molar-refractivity contribution in [1.29, 1.82) is 0 Å². The molecule has 0 rings (SSSR count). The maximum Gasteiger partial charge on any atom is 0.410 e. The number of carboxylic acids is 1. The zero-order valence-corrected chi connectivity index (χ0v) is 18.1. The second-order valence-electron chi connectivity index (χ2n) is 8.65. The summed E-state index contributed by atoms with van der Waals surface area (Å²) in [7, 11) is 2.66. The van der Waals surface area contributed by atoms with E-state index >= 15 is 0 Å². The van der Waals surface area contributed by atoms with Gasteiger partial charge in [0.25, 0.3) is 0 Å². The molecule has 0 aliphatic rings. The van der Waals surface area contributed by atoms with Gasteiger partial charge in [0, 0.05) is 20.5 Å². The summed E-state index contributed by atoms with van der Waals surface area (Å²) in [5, 5.41) is 9.41. The molecule has 164 valence electrons. The third-order valence-corrected chi connectivity index (χ3v) is 4.09. The van der Waals surface area contributed by atoms with Crippen LogP contribution in [0, 0.1) is 5.92 Å². The van der Waals surface area contributed by atoms with Gasteiger partial charge in [-0.1, -0.05) is 13.8 Å². The van der Waals surface area contributed by atoms with Crippen molar-refractivity contribution in [2.75, 3.05) is 14.1 Å². The number of ether oxygens (including phenoxy) is 1. The molecule has 0 aromatic heterocycles. The standard InChI is InChI=1S/C19H34F2N2O5/c1-12(2)11-14(23(8)17(27)28-18(3,4)5)15(24)22(7)13(16(25)26)9-10-19(6,20)21/h12-14H,9-11H2,1-8H3,(H,25,26)/t13-,14+/m1/s1. The molecule has 9 heteroatoms. The minimum atomic E-state index is -3.04. The van der Waals surface area contributed by atoms with E-state index in [9.17, 15) is 28.3 Å². The van der Waals surface area contributed by atoms with Gasteiger partial charge >= 0.3 is 12.1 Å². The summed E-state index contributed by atoms with van der Waals surface area (Å²) in [5.74, 6) is -5.02. The lowest BCUT2D eigenvalue weighted by Gasteiger charge is -2.35. The molecule has 0 aromatic rings. The van der Waals surface area contributed by atoms with E-state index in [2.05, 4.69) is 0 Å². The SMILES string of the molecule is CC(C)C[C@@H](C(=O)N(C)[C@H](CCC(C)(F)F)C(=O)O)N(C)C(=O)OC(C)(C)C. The fourth-order valence-electron chi connectivity index (χ4n) is 2.59. The predicted octanol–water partition coefficient (Wildman–Crippen LogP) is 3.62. The van der Waals surface area contributed by atoms with E-state index in [4.69, 9.17) is 4.74 Å². The monoisotopic (exact) mass is 408 g/mol. The molecule has 0 aliphatic heterocycles. The number of carboxylic acid groups (broad SMARTS) is 1. The highest BCUT2D eigenvalue weighted by Crippen LogP contribution is 2.23. The van der Waals surface area contributed by atoms with Crippen LogP contribution in [-0.4, -0.2) is 70.6 Å². The van der Waals surface area contributed by atoms with Crippen molar-refractivity contribution in [3.63, 3.8) is 0 Å². The van der Waals surface area contributed by atoms with Crippen LogP contribution in [0.1, 0.15) is 60.8 Å². The first-order valence-electron chi connectivity index (χ1n) is 9.29.